The van der Waals surface area contributed by atoms with E-state index >= 15 is 0 Å². The Hall–Kier alpha value is -0.740. The van der Waals surface area contributed by atoms with E-state index in [2.05, 4.69) is 30.7 Å². The van der Waals surface area contributed by atoms with Gasteiger partial charge in [-0.2, -0.15) is 0 Å². The molecule has 0 saturated carbocycles. The molecule has 1 aromatic rings. The molecule has 0 fully saturated rings. The molecule has 0 aliphatic rings. The largest absolute Gasteiger partial charge is 0.370 e. The summed E-state index contributed by atoms with van der Waals surface area (Å²) in [5, 5.41) is 0. The van der Waals surface area contributed by atoms with Crippen LogP contribution in [0.2, 0.25) is 0 Å². The van der Waals surface area contributed by atoms with Crippen molar-refractivity contribution in [3.05, 3.63) is 22.2 Å². The number of aromatic amines is 1. The van der Waals surface area contributed by atoms with E-state index in [1.165, 1.54) is 0 Å². The van der Waals surface area contributed by atoms with Gasteiger partial charge in [0.15, 0.2) is 0 Å². The van der Waals surface area contributed by atoms with Crippen molar-refractivity contribution >= 4 is 12.2 Å². The summed E-state index contributed by atoms with van der Waals surface area (Å²) in [6.45, 7) is 9.10. The van der Waals surface area contributed by atoms with Crippen LogP contribution in [0.25, 0.3) is 0 Å². The van der Waals surface area contributed by atoms with Crippen LogP contribution >= 0.6 is 12.2 Å². The van der Waals surface area contributed by atoms with E-state index in [1.807, 2.05) is 13.0 Å². The van der Waals surface area contributed by atoms with Crippen molar-refractivity contribution in [2.45, 2.75) is 46.6 Å². The number of ether oxygens (including phenoxy) is 1. The fourth-order valence-corrected chi connectivity index (χ4v) is 2.07. The molecule has 0 aliphatic carbocycles. The van der Waals surface area contributed by atoms with Gasteiger partial charge in [-0.3, -0.25) is 0 Å². The Morgan fingerprint density at radius 1 is 1.41 bits per heavy atom. The SMILES string of the molecule is CCCc1cc(=S)nc(C(OCC)C(C)C)[nH]1. The lowest BCUT2D eigenvalue weighted by molar-refractivity contribution is 0.0230. The molecule has 0 spiro atoms. The normalized spacial score (nSPS) is 13.0. The average molecular weight is 254 g/mol. The van der Waals surface area contributed by atoms with Gasteiger partial charge in [-0.15, -0.1) is 0 Å². The van der Waals surface area contributed by atoms with E-state index in [-0.39, 0.29) is 6.10 Å². The Kier molecular flexibility index (Phi) is 5.78. The fourth-order valence-electron chi connectivity index (χ4n) is 1.83. The van der Waals surface area contributed by atoms with Crippen LogP contribution < -0.4 is 0 Å². The Balaban J connectivity index is 3.05. The summed E-state index contributed by atoms with van der Waals surface area (Å²) in [7, 11) is 0. The maximum Gasteiger partial charge on any atom is 0.137 e. The van der Waals surface area contributed by atoms with Gasteiger partial charge in [-0.05, 0) is 25.3 Å². The number of nitrogens with zero attached hydrogens (tertiary/aromatic N) is 1. The predicted octanol–water partition coefficient (Wildman–Crippen LogP) is 3.83. The lowest BCUT2D eigenvalue weighted by Gasteiger charge is -2.20. The number of hydrogen-bond donors (Lipinski definition) is 1. The van der Waals surface area contributed by atoms with E-state index in [0.717, 1.165) is 24.4 Å². The first-order chi connectivity index (χ1) is 8.08. The van der Waals surface area contributed by atoms with Crippen molar-refractivity contribution in [1.29, 1.82) is 0 Å². The highest BCUT2D eigenvalue weighted by atomic mass is 32.1. The molecule has 96 valence electrons. The molecule has 1 N–H and O–H groups in total. The van der Waals surface area contributed by atoms with Gasteiger partial charge >= 0.3 is 0 Å². The third-order valence-electron chi connectivity index (χ3n) is 2.56. The zero-order valence-corrected chi connectivity index (χ0v) is 11.9. The zero-order chi connectivity index (χ0) is 12.8. The molecule has 1 aromatic heterocycles. The van der Waals surface area contributed by atoms with Gasteiger partial charge < -0.3 is 9.72 Å². The number of hydrogen-bond acceptors (Lipinski definition) is 3. The first-order valence-corrected chi connectivity index (χ1v) is 6.71. The highest BCUT2D eigenvalue weighted by molar-refractivity contribution is 7.71. The van der Waals surface area contributed by atoms with Crippen molar-refractivity contribution in [1.82, 2.24) is 9.97 Å². The summed E-state index contributed by atoms with van der Waals surface area (Å²) < 4.78 is 6.38. The van der Waals surface area contributed by atoms with Gasteiger partial charge in [0, 0.05) is 12.3 Å². The monoisotopic (exact) mass is 254 g/mol. The molecule has 1 rings (SSSR count). The minimum Gasteiger partial charge on any atom is -0.370 e. The molecule has 17 heavy (non-hydrogen) atoms. The van der Waals surface area contributed by atoms with Crippen LogP contribution in [0.3, 0.4) is 0 Å². The van der Waals surface area contributed by atoms with Crippen molar-refractivity contribution in [3.63, 3.8) is 0 Å². The van der Waals surface area contributed by atoms with Gasteiger partial charge in [0.1, 0.15) is 16.6 Å². The van der Waals surface area contributed by atoms with Crippen LogP contribution in [0.5, 0.6) is 0 Å². The van der Waals surface area contributed by atoms with Crippen LogP contribution in [0.15, 0.2) is 6.07 Å². The molecule has 0 bridgehead atoms. The number of H-pyrrole nitrogens is 1. The minimum atomic E-state index is -0.00138. The summed E-state index contributed by atoms with van der Waals surface area (Å²) in [4.78, 5) is 7.74. The van der Waals surface area contributed by atoms with Gasteiger partial charge in [0.05, 0.1) is 0 Å². The third-order valence-corrected chi connectivity index (χ3v) is 2.77. The standard InChI is InChI=1S/C13H22N2OS/c1-5-7-10-8-11(17)15-13(14-10)12(9(3)4)16-6-2/h8-9,12H,5-7H2,1-4H3,(H,14,15,17). The summed E-state index contributed by atoms with van der Waals surface area (Å²) in [6, 6.07) is 1.94. The number of nitrogens with one attached hydrogen (secondary N) is 1. The Bertz CT molecular complexity index is 401. The highest BCUT2D eigenvalue weighted by Crippen LogP contribution is 2.23. The molecule has 1 heterocycles. The Labute approximate surface area is 109 Å². The molecule has 4 heteroatoms. The second kappa shape index (κ2) is 6.87. The van der Waals surface area contributed by atoms with Crippen molar-refractivity contribution in [2.24, 2.45) is 5.92 Å². The van der Waals surface area contributed by atoms with Crippen LogP contribution in [0.4, 0.5) is 0 Å². The number of rotatable bonds is 6. The van der Waals surface area contributed by atoms with E-state index in [9.17, 15) is 0 Å². The average Bonchev–Trinajstić information content (AvgIpc) is 2.25. The predicted molar refractivity (Wildman–Crippen MR) is 72.6 cm³/mol. The quantitative estimate of drug-likeness (QED) is 0.784. The second-order valence-corrected chi connectivity index (χ2v) is 4.92. The third kappa shape index (κ3) is 4.21. The van der Waals surface area contributed by atoms with Crippen molar-refractivity contribution in [2.75, 3.05) is 6.61 Å². The van der Waals surface area contributed by atoms with Crippen molar-refractivity contribution < 1.29 is 4.74 Å². The lowest BCUT2D eigenvalue weighted by Crippen LogP contribution is -2.15. The zero-order valence-electron chi connectivity index (χ0n) is 11.1. The molecule has 0 amide bonds. The summed E-state index contributed by atoms with van der Waals surface area (Å²) in [5.74, 6) is 1.24. The first-order valence-electron chi connectivity index (χ1n) is 6.30. The molecule has 0 aromatic carbocycles. The second-order valence-electron chi connectivity index (χ2n) is 4.50. The van der Waals surface area contributed by atoms with Crippen LogP contribution in [-0.2, 0) is 11.2 Å². The molecule has 1 atom stereocenters. The number of aryl methyl sites for hydroxylation is 1. The summed E-state index contributed by atoms with van der Waals surface area (Å²) in [5.41, 5.74) is 1.15. The lowest BCUT2D eigenvalue weighted by atomic mass is 10.1. The van der Waals surface area contributed by atoms with Gasteiger partial charge in [0.25, 0.3) is 0 Å². The van der Waals surface area contributed by atoms with E-state index in [0.29, 0.717) is 17.2 Å². The molecule has 0 aliphatic heterocycles. The smallest absolute Gasteiger partial charge is 0.137 e. The van der Waals surface area contributed by atoms with E-state index < -0.39 is 0 Å². The first kappa shape index (κ1) is 14.3. The molecular formula is C13H22N2OS. The van der Waals surface area contributed by atoms with Crippen molar-refractivity contribution in [3.8, 4) is 0 Å². The summed E-state index contributed by atoms with van der Waals surface area (Å²) in [6.07, 6.45) is 2.09. The summed E-state index contributed by atoms with van der Waals surface area (Å²) >= 11 is 5.20. The fraction of sp³-hybridized carbons (Fsp3) is 0.692. The minimum absolute atomic E-state index is 0.00138. The number of aromatic nitrogens is 2. The Morgan fingerprint density at radius 3 is 2.65 bits per heavy atom. The Morgan fingerprint density at radius 2 is 2.12 bits per heavy atom. The van der Waals surface area contributed by atoms with Gasteiger partial charge in [-0.1, -0.05) is 39.4 Å². The highest BCUT2D eigenvalue weighted by Gasteiger charge is 2.18. The molecule has 0 radical (unpaired) electrons. The molecule has 3 nitrogen and oxygen atoms in total. The van der Waals surface area contributed by atoms with Crippen LogP contribution in [0.1, 0.15) is 51.7 Å². The van der Waals surface area contributed by atoms with Crippen LogP contribution in [0, 0.1) is 10.6 Å². The van der Waals surface area contributed by atoms with E-state index in [1.54, 1.807) is 0 Å². The van der Waals surface area contributed by atoms with E-state index in [4.69, 9.17) is 17.0 Å². The van der Waals surface area contributed by atoms with Crippen LogP contribution in [-0.4, -0.2) is 16.6 Å². The van der Waals surface area contributed by atoms with Gasteiger partial charge in [-0.25, -0.2) is 4.98 Å². The maximum atomic E-state index is 5.74. The topological polar surface area (TPSA) is 37.9 Å². The van der Waals surface area contributed by atoms with Gasteiger partial charge in [0.2, 0.25) is 0 Å². The maximum absolute atomic E-state index is 5.74. The molecular weight excluding hydrogens is 232 g/mol. The molecule has 0 saturated heterocycles. The molecule has 1 unspecified atom stereocenters.